The summed E-state index contributed by atoms with van der Waals surface area (Å²) in [6.45, 7) is 0.942. The highest BCUT2D eigenvalue weighted by Crippen LogP contribution is 2.33. The summed E-state index contributed by atoms with van der Waals surface area (Å²) in [7, 11) is 0. The number of hydrogen-bond donors (Lipinski definition) is 1. The maximum Gasteiger partial charge on any atom is 0.573 e. The molecule has 0 atom stereocenters. The van der Waals surface area contributed by atoms with Gasteiger partial charge in [-0.2, -0.15) is 0 Å². The molecule has 0 aliphatic carbocycles. The lowest BCUT2D eigenvalue weighted by atomic mass is 9.89. The van der Waals surface area contributed by atoms with Crippen molar-refractivity contribution in [2.24, 2.45) is 0 Å². The maximum atomic E-state index is 13.9. The van der Waals surface area contributed by atoms with Crippen LogP contribution in [0.2, 0.25) is 0 Å². The van der Waals surface area contributed by atoms with Gasteiger partial charge in [0.2, 0.25) is 0 Å². The van der Waals surface area contributed by atoms with Gasteiger partial charge in [0, 0.05) is 36.4 Å². The topological polar surface area (TPSA) is 58.2 Å². The van der Waals surface area contributed by atoms with Crippen molar-refractivity contribution in [3.05, 3.63) is 59.7 Å². The van der Waals surface area contributed by atoms with Crippen LogP contribution in [0.3, 0.4) is 0 Å². The molecule has 3 heterocycles. The van der Waals surface area contributed by atoms with Crippen LogP contribution in [0.25, 0.3) is 11.0 Å². The zero-order valence-electron chi connectivity index (χ0n) is 15.2. The van der Waals surface area contributed by atoms with E-state index in [2.05, 4.69) is 14.7 Å². The normalized spacial score (nSPS) is 15.7. The van der Waals surface area contributed by atoms with Gasteiger partial charge >= 0.3 is 6.36 Å². The second-order valence-corrected chi connectivity index (χ2v) is 6.90. The van der Waals surface area contributed by atoms with Gasteiger partial charge in [0.25, 0.3) is 5.91 Å². The Balaban J connectivity index is 1.43. The molecule has 0 radical (unpaired) electrons. The number of halogens is 4. The van der Waals surface area contributed by atoms with Crippen molar-refractivity contribution in [2.75, 3.05) is 13.1 Å². The average Bonchev–Trinajstić information content (AvgIpc) is 3.12. The SMILES string of the molecule is O=C(c1ccc(OC(F)(F)F)c(F)c1)N1CCC(c2c[nH]c3ncccc23)CC1. The molecule has 0 spiro atoms. The quantitative estimate of drug-likeness (QED) is 0.645. The lowest BCUT2D eigenvalue weighted by Crippen LogP contribution is -2.38. The Morgan fingerprint density at radius 3 is 2.66 bits per heavy atom. The summed E-state index contributed by atoms with van der Waals surface area (Å²) in [5.74, 6) is -2.34. The van der Waals surface area contributed by atoms with Crippen molar-refractivity contribution in [3.8, 4) is 5.75 Å². The number of ether oxygens (including phenoxy) is 1. The number of pyridine rings is 1. The number of nitrogens with zero attached hydrogens (tertiary/aromatic N) is 2. The Morgan fingerprint density at radius 1 is 1.21 bits per heavy atom. The lowest BCUT2D eigenvalue weighted by molar-refractivity contribution is -0.275. The standard InChI is InChI=1S/C20H17F4N3O2/c21-16-10-13(3-4-17(16)29-20(22,23)24)19(28)27-8-5-12(6-9-27)15-11-26-18-14(15)2-1-7-25-18/h1-4,7,10-12H,5-6,8-9H2,(H,25,26). The molecule has 1 aromatic carbocycles. The molecule has 1 fully saturated rings. The van der Waals surface area contributed by atoms with Crippen LogP contribution < -0.4 is 4.74 Å². The van der Waals surface area contributed by atoms with Crippen molar-refractivity contribution < 1.29 is 27.1 Å². The van der Waals surface area contributed by atoms with E-state index in [1.54, 1.807) is 11.1 Å². The fraction of sp³-hybridized carbons (Fsp3) is 0.300. The van der Waals surface area contributed by atoms with Gasteiger partial charge in [0.1, 0.15) is 5.65 Å². The van der Waals surface area contributed by atoms with E-state index < -0.39 is 23.8 Å². The molecule has 1 aliphatic heterocycles. The minimum atomic E-state index is -4.99. The maximum absolute atomic E-state index is 13.9. The monoisotopic (exact) mass is 407 g/mol. The number of amides is 1. The minimum absolute atomic E-state index is 0.00762. The number of carbonyl (C=O) groups excluding carboxylic acids is 1. The molecule has 29 heavy (non-hydrogen) atoms. The fourth-order valence-electron chi connectivity index (χ4n) is 3.73. The van der Waals surface area contributed by atoms with Gasteiger partial charge in [-0.15, -0.1) is 13.2 Å². The summed E-state index contributed by atoms with van der Waals surface area (Å²) in [6, 6.07) is 6.62. The first-order valence-electron chi connectivity index (χ1n) is 9.08. The van der Waals surface area contributed by atoms with Crippen molar-refractivity contribution in [3.63, 3.8) is 0 Å². The number of H-pyrrole nitrogens is 1. The van der Waals surface area contributed by atoms with Gasteiger partial charge in [0.15, 0.2) is 11.6 Å². The number of rotatable bonds is 3. The highest BCUT2D eigenvalue weighted by atomic mass is 19.4. The van der Waals surface area contributed by atoms with E-state index in [9.17, 15) is 22.4 Å². The summed E-state index contributed by atoms with van der Waals surface area (Å²) >= 11 is 0. The summed E-state index contributed by atoms with van der Waals surface area (Å²) in [5, 5.41) is 1.06. The Morgan fingerprint density at radius 2 is 1.97 bits per heavy atom. The van der Waals surface area contributed by atoms with Gasteiger partial charge in [-0.1, -0.05) is 0 Å². The smallest absolute Gasteiger partial charge is 0.403 e. The van der Waals surface area contributed by atoms with Crippen LogP contribution in [0.1, 0.15) is 34.7 Å². The highest BCUT2D eigenvalue weighted by Gasteiger charge is 2.33. The third-order valence-corrected chi connectivity index (χ3v) is 5.11. The molecule has 0 unspecified atom stereocenters. The van der Waals surface area contributed by atoms with Crippen molar-refractivity contribution in [1.29, 1.82) is 0 Å². The van der Waals surface area contributed by atoms with Crippen molar-refractivity contribution in [2.45, 2.75) is 25.1 Å². The van der Waals surface area contributed by atoms with Crippen molar-refractivity contribution >= 4 is 16.9 Å². The number of hydrogen-bond acceptors (Lipinski definition) is 3. The summed E-state index contributed by atoms with van der Waals surface area (Å²) in [6.07, 6.45) is 0.117. The average molecular weight is 407 g/mol. The number of aromatic nitrogens is 2. The molecule has 5 nitrogen and oxygen atoms in total. The molecule has 1 aliphatic rings. The molecule has 2 aromatic heterocycles. The molecule has 1 saturated heterocycles. The van der Waals surface area contributed by atoms with E-state index in [0.717, 1.165) is 47.6 Å². The van der Waals surface area contributed by atoms with E-state index >= 15 is 0 Å². The molecule has 4 rings (SSSR count). The number of piperidine rings is 1. The fourth-order valence-corrected chi connectivity index (χ4v) is 3.73. The largest absolute Gasteiger partial charge is 0.573 e. The number of aromatic amines is 1. The molecule has 152 valence electrons. The van der Waals surface area contributed by atoms with Crippen LogP contribution in [-0.4, -0.2) is 40.2 Å². The second-order valence-electron chi connectivity index (χ2n) is 6.90. The molecule has 9 heteroatoms. The van der Waals surface area contributed by atoms with E-state index in [4.69, 9.17) is 0 Å². The van der Waals surface area contributed by atoms with E-state index in [1.165, 1.54) is 0 Å². The van der Waals surface area contributed by atoms with Gasteiger partial charge in [-0.25, -0.2) is 9.37 Å². The predicted octanol–water partition coefficient (Wildman–Crippen LogP) is 4.62. The summed E-state index contributed by atoms with van der Waals surface area (Å²) in [5.41, 5.74) is 1.96. The third-order valence-electron chi connectivity index (χ3n) is 5.11. The van der Waals surface area contributed by atoms with Gasteiger partial charge in [0.05, 0.1) is 0 Å². The molecule has 1 N–H and O–H groups in total. The van der Waals surface area contributed by atoms with Crippen molar-refractivity contribution in [1.82, 2.24) is 14.9 Å². The van der Waals surface area contributed by atoms with Crippen LogP contribution in [0.5, 0.6) is 5.75 Å². The first-order chi connectivity index (χ1) is 13.8. The highest BCUT2D eigenvalue weighted by molar-refractivity contribution is 5.94. The number of carbonyl (C=O) groups is 1. The molecule has 3 aromatic rings. The number of fused-ring (bicyclic) bond motifs is 1. The van der Waals surface area contributed by atoms with E-state index in [-0.39, 0.29) is 11.5 Å². The molecule has 0 saturated carbocycles. The first-order valence-corrected chi connectivity index (χ1v) is 9.08. The second kappa shape index (κ2) is 7.38. The first kappa shape index (κ1) is 19.2. The van der Waals surface area contributed by atoms with Crippen LogP contribution in [0.15, 0.2) is 42.7 Å². The summed E-state index contributed by atoms with van der Waals surface area (Å²) < 4.78 is 54.2. The Labute approximate surface area is 163 Å². The van der Waals surface area contributed by atoms with Crippen LogP contribution in [-0.2, 0) is 0 Å². The Hall–Kier alpha value is -3.10. The van der Waals surface area contributed by atoms with Crippen LogP contribution >= 0.6 is 0 Å². The van der Waals surface area contributed by atoms with E-state index in [0.29, 0.717) is 13.1 Å². The van der Waals surface area contributed by atoms with Gasteiger partial charge < -0.3 is 14.6 Å². The third kappa shape index (κ3) is 4.03. The summed E-state index contributed by atoms with van der Waals surface area (Å²) in [4.78, 5) is 21.6. The minimum Gasteiger partial charge on any atom is -0.403 e. The Bertz CT molecular complexity index is 1040. The number of alkyl halides is 3. The van der Waals surface area contributed by atoms with Gasteiger partial charge in [-0.3, -0.25) is 4.79 Å². The van der Waals surface area contributed by atoms with Gasteiger partial charge in [-0.05, 0) is 54.7 Å². The van der Waals surface area contributed by atoms with Crippen LogP contribution in [0, 0.1) is 5.82 Å². The number of likely N-dealkylation sites (tertiary alicyclic amines) is 1. The van der Waals surface area contributed by atoms with Crippen LogP contribution in [0.4, 0.5) is 17.6 Å². The zero-order chi connectivity index (χ0) is 20.6. The lowest BCUT2D eigenvalue weighted by Gasteiger charge is -2.32. The zero-order valence-corrected chi connectivity index (χ0v) is 15.2. The van der Waals surface area contributed by atoms with E-state index in [1.807, 2.05) is 18.3 Å². The Kier molecular flexibility index (Phi) is 4.89. The number of benzene rings is 1. The molecule has 0 bridgehead atoms. The molecular weight excluding hydrogens is 390 g/mol. The molecule has 1 amide bonds. The molecular formula is C20H17F4N3O2. The number of nitrogens with one attached hydrogen (secondary N) is 1. The predicted molar refractivity (Wildman–Crippen MR) is 97.1 cm³/mol.